The van der Waals surface area contributed by atoms with Gasteiger partial charge in [-0.25, -0.2) is 31.1 Å². The maximum absolute atomic E-state index is 14.5. The molecule has 11 nitrogen and oxygen atoms in total. The summed E-state index contributed by atoms with van der Waals surface area (Å²) in [6.45, 7) is 1.57. The summed E-state index contributed by atoms with van der Waals surface area (Å²) >= 11 is 0. The normalized spacial score (nSPS) is 11.6. The Hall–Kier alpha value is -4.71. The van der Waals surface area contributed by atoms with E-state index in [0.29, 0.717) is 6.07 Å². The second-order valence-electron chi connectivity index (χ2n) is 8.04. The van der Waals surface area contributed by atoms with E-state index in [1.807, 2.05) is 6.07 Å². The predicted octanol–water partition coefficient (Wildman–Crippen LogP) is 2.85. The molecule has 196 valence electrons. The minimum atomic E-state index is -3.95. The van der Waals surface area contributed by atoms with Gasteiger partial charge in [0.15, 0.2) is 15.7 Å². The third-order valence-electron chi connectivity index (χ3n) is 5.52. The van der Waals surface area contributed by atoms with Gasteiger partial charge in [0, 0.05) is 18.4 Å². The lowest BCUT2D eigenvalue weighted by atomic mass is 10.2. The second-order valence-corrected chi connectivity index (χ2v) is 10.0. The fraction of sp³-hybridized carbons (Fsp3) is 0.174. The van der Waals surface area contributed by atoms with E-state index in [1.165, 1.54) is 23.1 Å². The van der Waals surface area contributed by atoms with Gasteiger partial charge >= 0.3 is 0 Å². The van der Waals surface area contributed by atoms with Crippen LogP contribution in [0.3, 0.4) is 0 Å². The topological polar surface area (TPSA) is 174 Å². The summed E-state index contributed by atoms with van der Waals surface area (Å²) in [5.41, 5.74) is 9.19. The van der Waals surface area contributed by atoms with Crippen LogP contribution in [0, 0.1) is 17.1 Å². The number of halogens is 3. The lowest BCUT2D eigenvalue weighted by Gasteiger charge is -2.26. The average Bonchev–Trinajstić information content (AvgIpc) is 2.83. The van der Waals surface area contributed by atoms with E-state index in [1.54, 1.807) is 6.92 Å². The van der Waals surface area contributed by atoms with E-state index in [-0.39, 0.29) is 57.1 Å². The molecule has 15 heteroatoms. The van der Waals surface area contributed by atoms with Gasteiger partial charge in [-0.2, -0.15) is 15.2 Å². The fourth-order valence-corrected chi connectivity index (χ4v) is 4.82. The van der Waals surface area contributed by atoms with E-state index >= 15 is 0 Å². The number of rotatable bonds is 6. The van der Waals surface area contributed by atoms with Crippen molar-refractivity contribution in [1.82, 2.24) is 19.5 Å². The van der Waals surface area contributed by atoms with Crippen LogP contribution in [0.1, 0.15) is 24.5 Å². The zero-order chi connectivity index (χ0) is 27.9. The number of hydrogen-bond acceptors (Lipinski definition) is 10. The molecule has 0 saturated heterocycles. The highest BCUT2D eigenvalue weighted by Crippen LogP contribution is 2.32. The molecule has 0 bridgehead atoms. The number of benzene rings is 2. The molecule has 2 aromatic carbocycles. The van der Waals surface area contributed by atoms with Crippen LogP contribution in [-0.2, 0) is 9.84 Å². The number of sulfone groups is 1. The largest absolute Gasteiger partial charge is 0.382 e. The lowest BCUT2D eigenvalue weighted by molar-refractivity contribution is 0.151. The van der Waals surface area contributed by atoms with Crippen molar-refractivity contribution in [2.45, 2.75) is 18.2 Å². The van der Waals surface area contributed by atoms with Crippen LogP contribution in [0.15, 0.2) is 46.1 Å². The number of hydrogen-bond donors (Lipinski definition) is 2. The molecule has 4 aromatic rings. The average molecular weight is 545 g/mol. The van der Waals surface area contributed by atoms with Gasteiger partial charge in [0.2, 0.25) is 11.9 Å². The molecule has 2 heterocycles. The van der Waals surface area contributed by atoms with E-state index in [0.717, 1.165) is 23.0 Å². The standard InChI is InChI=1S/C23H19F3N8O3S/c1-3-33(20-14(10-27)19(28)31-22(29)32-20)23-30-15-5-4-6-16(38(2,36)37)17(15)21(35)34(23)13-8-11(18(25)26)7-12(24)9-13/h4-9,18H,3H2,1-2H3,(H4,28,29,31,32). The van der Waals surface area contributed by atoms with Gasteiger partial charge in [-0.15, -0.1) is 0 Å². The number of alkyl halides is 2. The van der Waals surface area contributed by atoms with Crippen molar-refractivity contribution in [2.75, 3.05) is 29.2 Å². The van der Waals surface area contributed by atoms with Gasteiger partial charge in [-0.1, -0.05) is 6.07 Å². The third-order valence-corrected chi connectivity index (χ3v) is 6.66. The minimum Gasteiger partial charge on any atom is -0.382 e. The molecule has 0 radical (unpaired) electrons. The molecule has 0 aliphatic carbocycles. The first-order valence-corrected chi connectivity index (χ1v) is 12.7. The van der Waals surface area contributed by atoms with E-state index in [4.69, 9.17) is 11.5 Å². The summed E-state index contributed by atoms with van der Waals surface area (Å²) in [6.07, 6.45) is -2.20. The maximum Gasteiger partial charge on any atom is 0.268 e. The quantitative estimate of drug-likeness (QED) is 0.367. The van der Waals surface area contributed by atoms with Crippen LogP contribution in [0.25, 0.3) is 16.6 Å². The summed E-state index contributed by atoms with van der Waals surface area (Å²) in [4.78, 5) is 27.0. The Labute approximate surface area is 213 Å². The minimum absolute atomic E-state index is 0.0225. The number of aromatic nitrogens is 4. The van der Waals surface area contributed by atoms with Gasteiger partial charge < -0.3 is 11.5 Å². The van der Waals surface area contributed by atoms with E-state index in [2.05, 4.69) is 15.0 Å². The zero-order valence-electron chi connectivity index (χ0n) is 19.9. The monoisotopic (exact) mass is 544 g/mol. The van der Waals surface area contributed by atoms with Crippen LogP contribution < -0.4 is 21.9 Å². The molecule has 2 aromatic heterocycles. The number of nitrogens with two attached hydrogens (primary N) is 2. The molecular weight excluding hydrogens is 525 g/mol. The summed E-state index contributed by atoms with van der Waals surface area (Å²) < 4.78 is 67.3. The first-order valence-electron chi connectivity index (χ1n) is 10.8. The lowest BCUT2D eigenvalue weighted by Crippen LogP contribution is -2.31. The molecule has 4 N–H and O–H groups in total. The van der Waals surface area contributed by atoms with Crippen molar-refractivity contribution in [3.8, 4) is 11.8 Å². The molecule has 0 aliphatic heterocycles. The molecule has 0 atom stereocenters. The smallest absolute Gasteiger partial charge is 0.268 e. The molecule has 4 rings (SSSR count). The van der Waals surface area contributed by atoms with Gasteiger partial charge in [0.25, 0.3) is 12.0 Å². The van der Waals surface area contributed by atoms with E-state index < -0.39 is 33.2 Å². The first kappa shape index (κ1) is 26.4. The van der Waals surface area contributed by atoms with Gasteiger partial charge in [-0.3, -0.25) is 9.69 Å². The Morgan fingerprint density at radius 3 is 2.47 bits per heavy atom. The second kappa shape index (κ2) is 9.63. The van der Waals surface area contributed by atoms with Crippen molar-refractivity contribution in [1.29, 1.82) is 5.26 Å². The van der Waals surface area contributed by atoms with Gasteiger partial charge in [0.05, 0.1) is 21.5 Å². The Kier molecular flexibility index (Phi) is 6.68. The molecular formula is C23H19F3N8O3S. The molecule has 0 unspecified atom stereocenters. The molecule has 38 heavy (non-hydrogen) atoms. The highest BCUT2D eigenvalue weighted by atomic mass is 32.2. The van der Waals surface area contributed by atoms with Crippen molar-refractivity contribution >= 4 is 44.3 Å². The maximum atomic E-state index is 14.5. The summed E-state index contributed by atoms with van der Waals surface area (Å²) in [7, 11) is -3.95. The SMILES string of the molecule is CCN(c1nc(N)nc(N)c1C#N)c1nc2cccc(S(C)(=O)=O)c2c(=O)n1-c1cc(F)cc(C(F)F)c1. The van der Waals surface area contributed by atoms with Crippen LogP contribution in [-0.4, -0.2) is 40.7 Å². The number of nitrogen functional groups attached to an aromatic ring is 2. The first-order chi connectivity index (χ1) is 17.9. The summed E-state index contributed by atoms with van der Waals surface area (Å²) in [5, 5.41) is 9.34. The van der Waals surface area contributed by atoms with Crippen molar-refractivity contribution < 1.29 is 21.6 Å². The third kappa shape index (κ3) is 4.57. The predicted molar refractivity (Wildman–Crippen MR) is 134 cm³/mol. The molecule has 0 aliphatic rings. The van der Waals surface area contributed by atoms with Crippen LogP contribution in [0.2, 0.25) is 0 Å². The zero-order valence-corrected chi connectivity index (χ0v) is 20.7. The highest BCUT2D eigenvalue weighted by molar-refractivity contribution is 7.91. The van der Waals surface area contributed by atoms with Crippen LogP contribution in [0.5, 0.6) is 0 Å². The van der Waals surface area contributed by atoms with Crippen molar-refractivity contribution in [3.05, 3.63) is 63.7 Å². The number of anilines is 4. The molecule has 0 spiro atoms. The van der Waals surface area contributed by atoms with Crippen LogP contribution in [0.4, 0.5) is 36.7 Å². The number of nitrogens with zero attached hydrogens (tertiary/aromatic N) is 6. The molecule has 0 fully saturated rings. The molecule has 0 saturated carbocycles. The fourth-order valence-electron chi connectivity index (χ4n) is 3.93. The number of nitriles is 1. The van der Waals surface area contributed by atoms with E-state index in [9.17, 15) is 31.6 Å². The highest BCUT2D eigenvalue weighted by Gasteiger charge is 2.27. The van der Waals surface area contributed by atoms with Crippen molar-refractivity contribution in [3.63, 3.8) is 0 Å². The molecule has 0 amide bonds. The Bertz CT molecular complexity index is 1800. The van der Waals surface area contributed by atoms with Gasteiger partial charge in [-0.05, 0) is 37.3 Å². The van der Waals surface area contributed by atoms with Crippen molar-refractivity contribution in [2.24, 2.45) is 0 Å². The number of fused-ring (bicyclic) bond motifs is 1. The Morgan fingerprint density at radius 1 is 1.16 bits per heavy atom. The van der Waals surface area contributed by atoms with Gasteiger partial charge in [0.1, 0.15) is 23.3 Å². The Morgan fingerprint density at radius 2 is 1.87 bits per heavy atom. The summed E-state index contributed by atoms with van der Waals surface area (Å²) in [6, 6.07) is 8.07. The van der Waals surface area contributed by atoms with Crippen LogP contribution >= 0.6 is 0 Å². The Balaban J connectivity index is 2.22. The summed E-state index contributed by atoms with van der Waals surface area (Å²) in [5.74, 6) is -2.12.